The van der Waals surface area contributed by atoms with Crippen LogP contribution >= 0.6 is 22.9 Å². The molecule has 0 bridgehead atoms. The van der Waals surface area contributed by atoms with Gasteiger partial charge in [0, 0.05) is 48.3 Å². The lowest BCUT2D eigenvalue weighted by molar-refractivity contribution is -0.122. The standard InChI is InChI=1S/C26H35ClFN5O3S/c1-16(2)31-9-10-32(25(34)14-31)19-5-7-22(21(28)12-19)29-26(35)23-11-18(13-33(23)17(3)4)30-36-15-20-6-8-24(27)37-20/h5-8,12,16-18,23,30H,9-11,13-15H2,1-4H3,(H,29,35)/t18-,23-/m0/s1. The maximum absolute atomic E-state index is 15.0. The van der Waals surface area contributed by atoms with Crippen LogP contribution in [0.2, 0.25) is 4.34 Å². The Bertz CT molecular complexity index is 1110. The van der Waals surface area contributed by atoms with E-state index < -0.39 is 11.9 Å². The number of likely N-dealkylation sites (tertiary alicyclic amines) is 1. The van der Waals surface area contributed by atoms with Crippen LogP contribution in [-0.4, -0.2) is 72.0 Å². The summed E-state index contributed by atoms with van der Waals surface area (Å²) in [5, 5.41) is 2.76. The number of thiophene rings is 1. The highest BCUT2D eigenvalue weighted by Gasteiger charge is 2.38. The molecule has 2 atom stereocenters. The second kappa shape index (κ2) is 12.2. The molecule has 0 radical (unpaired) electrons. The number of carbonyl (C=O) groups excluding carboxylic acids is 2. The van der Waals surface area contributed by atoms with Crippen LogP contribution in [0.25, 0.3) is 0 Å². The molecule has 2 fully saturated rings. The number of hydrogen-bond donors (Lipinski definition) is 2. The van der Waals surface area contributed by atoms with Crippen LogP contribution in [0.4, 0.5) is 15.8 Å². The molecule has 1 aromatic carbocycles. The number of halogens is 2. The van der Waals surface area contributed by atoms with Gasteiger partial charge in [0.15, 0.2) is 0 Å². The molecule has 2 aliphatic rings. The normalized spacial score (nSPS) is 21.4. The van der Waals surface area contributed by atoms with Crippen LogP contribution in [0, 0.1) is 5.82 Å². The first-order valence-electron chi connectivity index (χ1n) is 12.6. The van der Waals surface area contributed by atoms with Crippen molar-refractivity contribution in [2.75, 3.05) is 36.4 Å². The van der Waals surface area contributed by atoms with Crippen molar-refractivity contribution in [3.63, 3.8) is 0 Å². The summed E-state index contributed by atoms with van der Waals surface area (Å²) in [6.07, 6.45) is 0.531. The van der Waals surface area contributed by atoms with Gasteiger partial charge in [-0.05, 0) is 64.4 Å². The fraction of sp³-hybridized carbons (Fsp3) is 0.538. The quantitative estimate of drug-likeness (QED) is 0.457. The van der Waals surface area contributed by atoms with Gasteiger partial charge in [0.05, 0.1) is 22.6 Å². The lowest BCUT2D eigenvalue weighted by Crippen LogP contribution is -2.52. The van der Waals surface area contributed by atoms with Gasteiger partial charge in [-0.25, -0.2) is 4.39 Å². The van der Waals surface area contributed by atoms with Crippen molar-refractivity contribution < 1.29 is 18.8 Å². The van der Waals surface area contributed by atoms with E-state index in [4.69, 9.17) is 16.4 Å². The fourth-order valence-corrected chi connectivity index (χ4v) is 5.83. The van der Waals surface area contributed by atoms with Crippen molar-refractivity contribution in [2.45, 2.75) is 64.9 Å². The second-order valence-corrected chi connectivity index (χ2v) is 11.9. The molecule has 3 heterocycles. The Kier molecular flexibility index (Phi) is 9.20. The number of benzene rings is 1. The molecule has 0 spiro atoms. The number of anilines is 2. The monoisotopic (exact) mass is 551 g/mol. The number of piperazine rings is 1. The molecule has 8 nitrogen and oxygen atoms in total. The molecule has 2 aromatic rings. The van der Waals surface area contributed by atoms with E-state index in [9.17, 15) is 9.59 Å². The summed E-state index contributed by atoms with van der Waals surface area (Å²) in [5.41, 5.74) is 3.68. The minimum atomic E-state index is -0.563. The Morgan fingerprint density at radius 3 is 2.59 bits per heavy atom. The van der Waals surface area contributed by atoms with Crippen LogP contribution in [0.1, 0.15) is 39.0 Å². The summed E-state index contributed by atoms with van der Waals surface area (Å²) >= 11 is 7.43. The average Bonchev–Trinajstić information content (AvgIpc) is 3.46. The maximum atomic E-state index is 15.0. The van der Waals surface area contributed by atoms with Gasteiger partial charge in [-0.2, -0.15) is 5.48 Å². The average molecular weight is 552 g/mol. The van der Waals surface area contributed by atoms with Gasteiger partial charge in [0.25, 0.3) is 0 Å². The largest absolute Gasteiger partial charge is 0.322 e. The highest BCUT2D eigenvalue weighted by atomic mass is 35.5. The highest BCUT2D eigenvalue weighted by molar-refractivity contribution is 7.16. The predicted octanol–water partition coefficient (Wildman–Crippen LogP) is 4.11. The third kappa shape index (κ3) is 6.87. The van der Waals surface area contributed by atoms with Gasteiger partial charge < -0.3 is 10.2 Å². The fourth-order valence-electron chi connectivity index (χ4n) is 4.83. The molecule has 2 saturated heterocycles. The SMILES string of the molecule is CC(C)N1CCN(c2ccc(NC(=O)[C@@H]3C[C@H](NOCc4ccc(Cl)s4)CN3C(C)C)c(F)c2)C(=O)C1. The zero-order valence-corrected chi connectivity index (χ0v) is 23.2. The molecule has 0 saturated carbocycles. The lowest BCUT2D eigenvalue weighted by atomic mass is 10.1. The van der Waals surface area contributed by atoms with Crippen molar-refractivity contribution in [1.29, 1.82) is 0 Å². The predicted molar refractivity (Wildman–Crippen MR) is 145 cm³/mol. The molecule has 37 heavy (non-hydrogen) atoms. The molecule has 0 unspecified atom stereocenters. The van der Waals surface area contributed by atoms with Gasteiger partial charge in [-0.15, -0.1) is 11.3 Å². The van der Waals surface area contributed by atoms with E-state index in [0.29, 0.717) is 42.7 Å². The van der Waals surface area contributed by atoms with Crippen LogP contribution in [0.15, 0.2) is 30.3 Å². The summed E-state index contributed by atoms with van der Waals surface area (Å²) < 4.78 is 15.7. The minimum absolute atomic E-state index is 0.0451. The molecule has 2 N–H and O–H groups in total. The molecular formula is C26H35ClFN5O3S. The molecular weight excluding hydrogens is 517 g/mol. The first kappa shape index (κ1) is 27.9. The topological polar surface area (TPSA) is 77.2 Å². The minimum Gasteiger partial charge on any atom is -0.322 e. The van der Waals surface area contributed by atoms with E-state index in [-0.39, 0.29) is 35.6 Å². The lowest BCUT2D eigenvalue weighted by Gasteiger charge is -2.36. The zero-order valence-electron chi connectivity index (χ0n) is 21.7. The van der Waals surface area contributed by atoms with Gasteiger partial charge in [0.2, 0.25) is 11.8 Å². The smallest absolute Gasteiger partial charge is 0.241 e. The molecule has 202 valence electrons. The van der Waals surface area contributed by atoms with Crippen molar-refractivity contribution in [2.24, 2.45) is 0 Å². The first-order chi connectivity index (χ1) is 17.6. The molecule has 2 aliphatic heterocycles. The Balaban J connectivity index is 1.35. The number of nitrogens with one attached hydrogen (secondary N) is 2. The number of rotatable bonds is 9. The summed E-state index contributed by atoms with van der Waals surface area (Å²) in [6.45, 7) is 10.7. The van der Waals surface area contributed by atoms with E-state index in [1.807, 2.05) is 26.0 Å². The molecule has 1 aromatic heterocycles. The van der Waals surface area contributed by atoms with E-state index in [0.717, 1.165) is 11.4 Å². The van der Waals surface area contributed by atoms with Crippen molar-refractivity contribution >= 4 is 46.1 Å². The molecule has 0 aliphatic carbocycles. The van der Waals surface area contributed by atoms with Crippen molar-refractivity contribution in [3.05, 3.63) is 45.4 Å². The van der Waals surface area contributed by atoms with Gasteiger partial charge >= 0.3 is 0 Å². The number of nitrogens with zero attached hydrogens (tertiary/aromatic N) is 3. The van der Waals surface area contributed by atoms with Crippen molar-refractivity contribution in [1.82, 2.24) is 15.3 Å². The van der Waals surface area contributed by atoms with E-state index in [1.165, 1.54) is 23.5 Å². The van der Waals surface area contributed by atoms with E-state index in [2.05, 4.69) is 34.4 Å². The zero-order chi connectivity index (χ0) is 26.7. The van der Waals surface area contributed by atoms with E-state index >= 15 is 4.39 Å². The van der Waals surface area contributed by atoms with Crippen LogP contribution < -0.4 is 15.7 Å². The van der Waals surface area contributed by atoms with Gasteiger partial charge in [-0.3, -0.25) is 24.2 Å². The van der Waals surface area contributed by atoms with Crippen LogP contribution in [0.5, 0.6) is 0 Å². The molecule has 2 amide bonds. The van der Waals surface area contributed by atoms with E-state index in [1.54, 1.807) is 11.0 Å². The first-order valence-corrected chi connectivity index (χ1v) is 13.8. The van der Waals surface area contributed by atoms with Crippen LogP contribution in [-0.2, 0) is 21.0 Å². The summed E-state index contributed by atoms with van der Waals surface area (Å²) in [4.78, 5) is 38.2. The third-order valence-corrected chi connectivity index (χ3v) is 8.11. The number of hydroxylamine groups is 1. The molecule has 11 heteroatoms. The number of amides is 2. The Labute approximate surface area is 226 Å². The molecule has 4 rings (SSSR count). The van der Waals surface area contributed by atoms with Gasteiger partial charge in [-0.1, -0.05) is 11.6 Å². The third-order valence-electron chi connectivity index (χ3n) is 6.90. The highest BCUT2D eigenvalue weighted by Crippen LogP contribution is 2.27. The summed E-state index contributed by atoms with van der Waals surface area (Å²) in [6, 6.07) is 8.22. The Morgan fingerprint density at radius 1 is 1.19 bits per heavy atom. The van der Waals surface area contributed by atoms with Crippen molar-refractivity contribution in [3.8, 4) is 0 Å². The Morgan fingerprint density at radius 2 is 1.97 bits per heavy atom. The van der Waals surface area contributed by atoms with Crippen LogP contribution in [0.3, 0.4) is 0 Å². The summed E-state index contributed by atoms with van der Waals surface area (Å²) in [7, 11) is 0. The second-order valence-electron chi connectivity index (χ2n) is 10.1. The number of hydrogen-bond acceptors (Lipinski definition) is 7. The maximum Gasteiger partial charge on any atom is 0.241 e. The summed E-state index contributed by atoms with van der Waals surface area (Å²) in [5.74, 6) is -0.888. The van der Waals surface area contributed by atoms with Gasteiger partial charge in [0.1, 0.15) is 12.4 Å². The Hall–Kier alpha value is -2.08. The number of carbonyl (C=O) groups is 2.